The van der Waals surface area contributed by atoms with Gasteiger partial charge in [-0.3, -0.25) is 4.90 Å². The molecule has 0 bridgehead atoms. The number of fused-ring (bicyclic) bond motifs is 1. The minimum Gasteiger partial charge on any atom is -0.495 e. The molecule has 132 valence electrons. The maximum atomic E-state index is 12.0. The number of anilines is 1. The van der Waals surface area contributed by atoms with Crippen molar-refractivity contribution in [3.05, 3.63) is 59.7 Å². The van der Waals surface area contributed by atoms with Gasteiger partial charge in [0.2, 0.25) is 0 Å². The van der Waals surface area contributed by atoms with Gasteiger partial charge in [0.15, 0.2) is 0 Å². The molecule has 2 N–H and O–H groups in total. The molecule has 25 heavy (non-hydrogen) atoms. The van der Waals surface area contributed by atoms with Crippen LogP contribution in [0.15, 0.2) is 48.5 Å². The highest BCUT2D eigenvalue weighted by molar-refractivity contribution is 5.90. The molecule has 2 amide bonds. The number of urea groups is 1. The van der Waals surface area contributed by atoms with Crippen LogP contribution in [0.3, 0.4) is 0 Å². The van der Waals surface area contributed by atoms with E-state index in [1.807, 2.05) is 24.3 Å². The highest BCUT2D eigenvalue weighted by Crippen LogP contribution is 2.22. The van der Waals surface area contributed by atoms with E-state index in [1.54, 1.807) is 7.11 Å². The summed E-state index contributed by atoms with van der Waals surface area (Å²) in [7, 11) is 1.59. The first-order valence-electron chi connectivity index (χ1n) is 8.73. The molecule has 0 aromatic heterocycles. The number of benzene rings is 2. The monoisotopic (exact) mass is 339 g/mol. The molecule has 0 fully saturated rings. The van der Waals surface area contributed by atoms with Crippen molar-refractivity contribution in [1.29, 1.82) is 0 Å². The Kier molecular flexibility index (Phi) is 5.90. The normalized spacial score (nSPS) is 13.8. The van der Waals surface area contributed by atoms with Crippen LogP contribution in [0.5, 0.6) is 5.75 Å². The van der Waals surface area contributed by atoms with Crippen LogP contribution in [0.1, 0.15) is 17.5 Å². The fourth-order valence-electron chi connectivity index (χ4n) is 3.16. The highest BCUT2D eigenvalue weighted by atomic mass is 16.5. The zero-order chi connectivity index (χ0) is 17.5. The highest BCUT2D eigenvalue weighted by Gasteiger charge is 2.15. The van der Waals surface area contributed by atoms with Crippen LogP contribution >= 0.6 is 0 Å². The van der Waals surface area contributed by atoms with Gasteiger partial charge in [0.05, 0.1) is 12.8 Å². The molecule has 1 heterocycles. The maximum Gasteiger partial charge on any atom is 0.319 e. The predicted molar refractivity (Wildman–Crippen MR) is 100 cm³/mol. The molecule has 2 aromatic carbocycles. The summed E-state index contributed by atoms with van der Waals surface area (Å²) in [5, 5.41) is 5.73. The third-order valence-electron chi connectivity index (χ3n) is 4.50. The fraction of sp³-hybridized carbons (Fsp3) is 0.350. The van der Waals surface area contributed by atoms with Crippen molar-refractivity contribution in [2.75, 3.05) is 32.1 Å². The second-order valence-electron chi connectivity index (χ2n) is 6.23. The van der Waals surface area contributed by atoms with Crippen LogP contribution in [-0.2, 0) is 13.0 Å². The number of methoxy groups -OCH3 is 1. The zero-order valence-corrected chi connectivity index (χ0v) is 14.6. The lowest BCUT2D eigenvalue weighted by molar-refractivity contribution is 0.242. The van der Waals surface area contributed by atoms with Crippen molar-refractivity contribution in [3.8, 4) is 5.75 Å². The SMILES string of the molecule is COc1ccccc1NC(=O)NCCCN1CCc2ccccc2C1. The first-order valence-corrected chi connectivity index (χ1v) is 8.73. The van der Waals surface area contributed by atoms with E-state index in [1.165, 1.54) is 11.1 Å². The van der Waals surface area contributed by atoms with Crippen LogP contribution in [0.25, 0.3) is 0 Å². The van der Waals surface area contributed by atoms with Crippen LogP contribution < -0.4 is 15.4 Å². The van der Waals surface area contributed by atoms with Crippen molar-refractivity contribution in [1.82, 2.24) is 10.2 Å². The van der Waals surface area contributed by atoms with E-state index in [0.717, 1.165) is 32.5 Å². The molecule has 0 aliphatic carbocycles. The lowest BCUT2D eigenvalue weighted by atomic mass is 10.00. The van der Waals surface area contributed by atoms with Gasteiger partial charge in [0.25, 0.3) is 0 Å². The number of hydrogen-bond donors (Lipinski definition) is 2. The number of nitrogens with one attached hydrogen (secondary N) is 2. The van der Waals surface area contributed by atoms with Crippen molar-refractivity contribution in [3.63, 3.8) is 0 Å². The van der Waals surface area contributed by atoms with E-state index in [0.29, 0.717) is 18.0 Å². The molecule has 0 unspecified atom stereocenters. The average Bonchev–Trinajstić information content (AvgIpc) is 2.65. The Balaban J connectivity index is 1.38. The van der Waals surface area contributed by atoms with Gasteiger partial charge >= 0.3 is 6.03 Å². The first-order chi connectivity index (χ1) is 12.3. The standard InChI is InChI=1S/C20H25N3O2/c1-25-19-10-5-4-9-18(19)22-20(24)21-12-6-13-23-14-11-16-7-2-3-8-17(16)15-23/h2-5,7-10H,6,11-15H2,1H3,(H2,21,22,24). The minimum absolute atomic E-state index is 0.200. The molecular formula is C20H25N3O2. The van der Waals surface area contributed by atoms with E-state index in [9.17, 15) is 4.79 Å². The van der Waals surface area contributed by atoms with E-state index in [2.05, 4.69) is 39.8 Å². The number of carbonyl (C=O) groups excluding carboxylic acids is 1. The predicted octanol–water partition coefficient (Wildman–Crippen LogP) is 3.27. The molecule has 0 radical (unpaired) electrons. The third kappa shape index (κ3) is 4.73. The summed E-state index contributed by atoms with van der Waals surface area (Å²) in [4.78, 5) is 14.5. The van der Waals surface area contributed by atoms with Crippen LogP contribution in [0, 0.1) is 0 Å². The molecule has 5 nitrogen and oxygen atoms in total. The lowest BCUT2D eigenvalue weighted by Crippen LogP contribution is -2.35. The molecule has 0 atom stereocenters. The first kappa shape index (κ1) is 17.3. The summed E-state index contributed by atoms with van der Waals surface area (Å²) in [5.41, 5.74) is 3.57. The molecule has 1 aliphatic rings. The number of carbonyl (C=O) groups is 1. The number of para-hydroxylation sites is 2. The van der Waals surface area contributed by atoms with Gasteiger partial charge in [-0.25, -0.2) is 4.79 Å². The van der Waals surface area contributed by atoms with Gasteiger partial charge in [-0.2, -0.15) is 0 Å². The minimum atomic E-state index is -0.200. The summed E-state index contributed by atoms with van der Waals surface area (Å²) in [5.74, 6) is 0.657. The number of amides is 2. The van der Waals surface area contributed by atoms with Crippen molar-refractivity contribution >= 4 is 11.7 Å². The number of nitrogens with zero attached hydrogens (tertiary/aromatic N) is 1. The van der Waals surface area contributed by atoms with Crippen LogP contribution in [0.4, 0.5) is 10.5 Å². The Morgan fingerprint density at radius 3 is 2.72 bits per heavy atom. The second-order valence-corrected chi connectivity index (χ2v) is 6.23. The second kappa shape index (κ2) is 8.53. The van der Waals surface area contributed by atoms with Gasteiger partial charge in [0.1, 0.15) is 5.75 Å². The molecule has 0 spiro atoms. The van der Waals surface area contributed by atoms with E-state index in [-0.39, 0.29) is 6.03 Å². The molecule has 0 saturated carbocycles. The topological polar surface area (TPSA) is 53.6 Å². The van der Waals surface area contributed by atoms with Gasteiger partial charge < -0.3 is 15.4 Å². The Morgan fingerprint density at radius 1 is 1.12 bits per heavy atom. The van der Waals surface area contributed by atoms with Crippen LogP contribution in [0.2, 0.25) is 0 Å². The summed E-state index contributed by atoms with van der Waals surface area (Å²) in [6.45, 7) is 3.73. The Bertz CT molecular complexity index is 718. The Hall–Kier alpha value is -2.53. The van der Waals surface area contributed by atoms with Crippen molar-refractivity contribution in [2.45, 2.75) is 19.4 Å². The number of rotatable bonds is 6. The maximum absolute atomic E-state index is 12.0. The smallest absolute Gasteiger partial charge is 0.319 e. The van der Waals surface area contributed by atoms with Crippen molar-refractivity contribution in [2.24, 2.45) is 0 Å². The van der Waals surface area contributed by atoms with Crippen molar-refractivity contribution < 1.29 is 9.53 Å². The molecule has 5 heteroatoms. The molecular weight excluding hydrogens is 314 g/mol. The van der Waals surface area contributed by atoms with Crippen LogP contribution in [-0.4, -0.2) is 37.7 Å². The summed E-state index contributed by atoms with van der Waals surface area (Å²) in [6.07, 6.45) is 2.04. The summed E-state index contributed by atoms with van der Waals surface area (Å²) < 4.78 is 5.23. The van der Waals surface area contributed by atoms with Gasteiger partial charge in [-0.05, 0) is 36.1 Å². The largest absolute Gasteiger partial charge is 0.495 e. The summed E-state index contributed by atoms with van der Waals surface area (Å²) in [6, 6.07) is 15.8. The zero-order valence-electron chi connectivity index (χ0n) is 14.6. The summed E-state index contributed by atoms with van der Waals surface area (Å²) >= 11 is 0. The molecule has 3 rings (SSSR count). The van der Waals surface area contributed by atoms with Gasteiger partial charge in [-0.15, -0.1) is 0 Å². The van der Waals surface area contributed by atoms with E-state index >= 15 is 0 Å². The Labute approximate surface area is 149 Å². The van der Waals surface area contributed by atoms with E-state index < -0.39 is 0 Å². The molecule has 0 saturated heterocycles. The molecule has 1 aliphatic heterocycles. The quantitative estimate of drug-likeness (QED) is 0.794. The lowest BCUT2D eigenvalue weighted by Gasteiger charge is -2.28. The van der Waals surface area contributed by atoms with E-state index in [4.69, 9.17) is 4.74 Å². The van der Waals surface area contributed by atoms with Gasteiger partial charge in [0, 0.05) is 26.2 Å². The Morgan fingerprint density at radius 2 is 1.88 bits per heavy atom. The molecule has 2 aromatic rings. The third-order valence-corrected chi connectivity index (χ3v) is 4.50. The average molecular weight is 339 g/mol. The fourth-order valence-corrected chi connectivity index (χ4v) is 3.16. The van der Waals surface area contributed by atoms with Gasteiger partial charge in [-0.1, -0.05) is 36.4 Å². The number of ether oxygens (including phenoxy) is 1. The number of hydrogen-bond acceptors (Lipinski definition) is 3.